The van der Waals surface area contributed by atoms with Crippen molar-refractivity contribution in [2.45, 2.75) is 19.8 Å². The molecule has 17 heavy (non-hydrogen) atoms. The third kappa shape index (κ3) is 5.39. The molecule has 0 spiro atoms. The van der Waals surface area contributed by atoms with Gasteiger partial charge in [-0.25, -0.2) is 13.6 Å². The van der Waals surface area contributed by atoms with Crippen molar-refractivity contribution in [3.05, 3.63) is 28.8 Å². The Bertz CT molecular complexity index is 474. The number of nitrogens with two attached hydrogens (primary N) is 1. The zero-order chi connectivity index (χ0) is 12.9. The van der Waals surface area contributed by atoms with E-state index in [0.29, 0.717) is 23.8 Å². The summed E-state index contributed by atoms with van der Waals surface area (Å²) in [6.07, 6.45) is 1.20. The van der Waals surface area contributed by atoms with E-state index in [0.717, 1.165) is 12.0 Å². The molecule has 1 aromatic rings. The van der Waals surface area contributed by atoms with Gasteiger partial charge in [0.1, 0.15) is 5.75 Å². The predicted molar refractivity (Wildman–Crippen MR) is 68.9 cm³/mol. The molecule has 0 saturated carbocycles. The molecule has 4 nitrogen and oxygen atoms in total. The molecule has 0 radical (unpaired) electrons. The van der Waals surface area contributed by atoms with Crippen LogP contribution in [0.5, 0.6) is 5.75 Å². The summed E-state index contributed by atoms with van der Waals surface area (Å²) < 4.78 is 26.8. The van der Waals surface area contributed by atoms with Crippen LogP contribution in [0.1, 0.15) is 18.9 Å². The highest BCUT2D eigenvalue weighted by molar-refractivity contribution is 7.89. The molecule has 0 fully saturated rings. The lowest BCUT2D eigenvalue weighted by Gasteiger charge is -2.08. The summed E-state index contributed by atoms with van der Waals surface area (Å²) in [7, 11) is -3.40. The molecule has 0 aliphatic rings. The van der Waals surface area contributed by atoms with E-state index in [1.165, 1.54) is 0 Å². The van der Waals surface area contributed by atoms with Crippen molar-refractivity contribution < 1.29 is 13.2 Å². The van der Waals surface area contributed by atoms with Crippen molar-refractivity contribution >= 4 is 21.6 Å². The van der Waals surface area contributed by atoms with Crippen molar-refractivity contribution in [3.63, 3.8) is 0 Å². The third-order valence-electron chi connectivity index (χ3n) is 2.24. The van der Waals surface area contributed by atoms with Gasteiger partial charge in [0, 0.05) is 5.02 Å². The van der Waals surface area contributed by atoms with E-state index in [-0.39, 0.29) is 5.75 Å². The van der Waals surface area contributed by atoms with Crippen LogP contribution in [0.25, 0.3) is 0 Å². The normalized spacial score (nSPS) is 11.5. The van der Waals surface area contributed by atoms with Crippen LogP contribution in [0.2, 0.25) is 5.02 Å². The Morgan fingerprint density at radius 2 is 2.12 bits per heavy atom. The van der Waals surface area contributed by atoms with Gasteiger partial charge in [0.25, 0.3) is 0 Å². The standard InChI is InChI=1S/C11H16ClNO3S/c1-2-9-8-10(4-5-11(9)12)16-6-3-7-17(13,14)15/h4-5,8H,2-3,6-7H2,1H3,(H2,13,14,15). The van der Waals surface area contributed by atoms with Crippen LogP contribution in [-0.2, 0) is 16.4 Å². The first-order valence-corrected chi connectivity index (χ1v) is 7.43. The highest BCUT2D eigenvalue weighted by Crippen LogP contribution is 2.22. The molecule has 0 saturated heterocycles. The zero-order valence-electron chi connectivity index (χ0n) is 9.65. The summed E-state index contributed by atoms with van der Waals surface area (Å²) >= 11 is 5.97. The van der Waals surface area contributed by atoms with Crippen molar-refractivity contribution in [1.82, 2.24) is 0 Å². The van der Waals surface area contributed by atoms with Crippen LogP contribution in [0.15, 0.2) is 18.2 Å². The average Bonchev–Trinajstić information content (AvgIpc) is 2.25. The Morgan fingerprint density at radius 1 is 1.41 bits per heavy atom. The largest absolute Gasteiger partial charge is 0.494 e. The molecule has 2 N–H and O–H groups in total. The second kappa shape index (κ2) is 6.23. The molecule has 0 aliphatic heterocycles. The third-order valence-corrected chi connectivity index (χ3v) is 3.47. The molecular weight excluding hydrogens is 262 g/mol. The summed E-state index contributed by atoms with van der Waals surface area (Å²) in [6, 6.07) is 5.40. The molecule has 0 bridgehead atoms. The van der Waals surface area contributed by atoms with Crippen LogP contribution in [0.4, 0.5) is 0 Å². The lowest BCUT2D eigenvalue weighted by molar-refractivity contribution is 0.317. The fraction of sp³-hybridized carbons (Fsp3) is 0.455. The van der Waals surface area contributed by atoms with Crippen LogP contribution in [0.3, 0.4) is 0 Å². The van der Waals surface area contributed by atoms with E-state index in [4.69, 9.17) is 21.5 Å². The van der Waals surface area contributed by atoms with E-state index >= 15 is 0 Å². The lowest BCUT2D eigenvalue weighted by atomic mass is 10.1. The number of aryl methyl sites for hydroxylation is 1. The second-order valence-electron chi connectivity index (χ2n) is 3.68. The first kappa shape index (κ1) is 14.3. The predicted octanol–water partition coefficient (Wildman–Crippen LogP) is 1.96. The molecular formula is C11H16ClNO3S. The molecule has 0 aromatic heterocycles. The molecule has 6 heteroatoms. The van der Waals surface area contributed by atoms with Gasteiger partial charge in [0.15, 0.2) is 0 Å². The van der Waals surface area contributed by atoms with E-state index in [9.17, 15) is 8.42 Å². The number of rotatable bonds is 6. The second-order valence-corrected chi connectivity index (χ2v) is 5.82. The maximum absolute atomic E-state index is 10.7. The number of benzene rings is 1. The topological polar surface area (TPSA) is 69.4 Å². The van der Waals surface area contributed by atoms with Gasteiger partial charge in [-0.05, 0) is 36.6 Å². The van der Waals surface area contributed by atoms with Crippen LogP contribution in [-0.4, -0.2) is 20.8 Å². The number of halogens is 1. The molecule has 1 rings (SSSR count). The number of hydrogen-bond acceptors (Lipinski definition) is 3. The first-order valence-electron chi connectivity index (χ1n) is 5.34. The Morgan fingerprint density at radius 3 is 2.71 bits per heavy atom. The maximum Gasteiger partial charge on any atom is 0.209 e. The molecule has 0 unspecified atom stereocenters. The Labute approximate surface area is 107 Å². The van der Waals surface area contributed by atoms with Crippen molar-refractivity contribution in [2.75, 3.05) is 12.4 Å². The molecule has 0 aliphatic carbocycles. The van der Waals surface area contributed by atoms with Gasteiger partial charge in [0.05, 0.1) is 12.4 Å². The SMILES string of the molecule is CCc1cc(OCCCS(N)(=O)=O)ccc1Cl. The van der Waals surface area contributed by atoms with E-state index in [1.54, 1.807) is 12.1 Å². The summed E-state index contributed by atoms with van der Waals surface area (Å²) in [4.78, 5) is 0. The maximum atomic E-state index is 10.7. The molecule has 96 valence electrons. The quantitative estimate of drug-likeness (QED) is 0.808. The van der Waals surface area contributed by atoms with Gasteiger partial charge in [-0.3, -0.25) is 0 Å². The molecule has 0 atom stereocenters. The van der Waals surface area contributed by atoms with Crippen LogP contribution >= 0.6 is 11.6 Å². The summed E-state index contributed by atoms with van der Waals surface area (Å²) in [6.45, 7) is 2.33. The number of sulfonamides is 1. The minimum Gasteiger partial charge on any atom is -0.494 e. The number of ether oxygens (including phenoxy) is 1. The first-order chi connectivity index (χ1) is 7.92. The smallest absolute Gasteiger partial charge is 0.209 e. The highest BCUT2D eigenvalue weighted by Gasteiger charge is 2.04. The van der Waals surface area contributed by atoms with Crippen LogP contribution < -0.4 is 9.88 Å². The van der Waals surface area contributed by atoms with Gasteiger partial charge in [-0.2, -0.15) is 0 Å². The van der Waals surface area contributed by atoms with Gasteiger partial charge >= 0.3 is 0 Å². The zero-order valence-corrected chi connectivity index (χ0v) is 11.2. The number of hydrogen-bond donors (Lipinski definition) is 1. The Balaban J connectivity index is 2.47. The minimum atomic E-state index is -3.40. The van der Waals surface area contributed by atoms with Gasteiger partial charge in [0.2, 0.25) is 10.0 Å². The van der Waals surface area contributed by atoms with Gasteiger partial charge in [-0.15, -0.1) is 0 Å². The average molecular weight is 278 g/mol. The van der Waals surface area contributed by atoms with E-state index in [2.05, 4.69) is 0 Å². The van der Waals surface area contributed by atoms with Crippen molar-refractivity contribution in [2.24, 2.45) is 5.14 Å². The van der Waals surface area contributed by atoms with E-state index in [1.807, 2.05) is 13.0 Å². The number of primary sulfonamides is 1. The highest BCUT2D eigenvalue weighted by atomic mass is 35.5. The van der Waals surface area contributed by atoms with Crippen molar-refractivity contribution in [3.8, 4) is 5.75 Å². The van der Waals surface area contributed by atoms with Gasteiger partial charge in [-0.1, -0.05) is 18.5 Å². The Kier molecular flexibility index (Phi) is 5.24. The molecule has 0 heterocycles. The lowest BCUT2D eigenvalue weighted by Crippen LogP contribution is -2.18. The van der Waals surface area contributed by atoms with Crippen LogP contribution in [0, 0.1) is 0 Å². The fourth-order valence-corrected chi connectivity index (χ4v) is 2.13. The summed E-state index contributed by atoms with van der Waals surface area (Å²) in [5.74, 6) is 0.627. The fourth-order valence-electron chi connectivity index (χ4n) is 1.36. The molecule has 0 amide bonds. The summed E-state index contributed by atoms with van der Waals surface area (Å²) in [5, 5.41) is 5.59. The van der Waals surface area contributed by atoms with Crippen molar-refractivity contribution in [1.29, 1.82) is 0 Å². The minimum absolute atomic E-state index is 0.0682. The van der Waals surface area contributed by atoms with Gasteiger partial charge < -0.3 is 4.74 Å². The molecule has 1 aromatic carbocycles. The monoisotopic (exact) mass is 277 g/mol. The Hall–Kier alpha value is -0.780. The van der Waals surface area contributed by atoms with E-state index < -0.39 is 10.0 Å². The summed E-state index contributed by atoms with van der Waals surface area (Å²) in [5.41, 5.74) is 1.01.